The highest BCUT2D eigenvalue weighted by atomic mass is 16.1. The minimum Gasteiger partial charge on any atom is -0.344 e. The third kappa shape index (κ3) is 4.87. The lowest BCUT2D eigenvalue weighted by Crippen LogP contribution is -2.33. The number of nitrogens with one attached hydrogen (secondary N) is 1. The number of aromatic nitrogens is 3. The van der Waals surface area contributed by atoms with Gasteiger partial charge in [0.1, 0.15) is 5.52 Å². The van der Waals surface area contributed by atoms with E-state index >= 15 is 0 Å². The maximum absolute atomic E-state index is 12.8. The second-order valence-corrected chi connectivity index (χ2v) is 9.94. The Balaban J connectivity index is 1.54. The number of rotatable bonds is 6. The molecular formula is C26H34N4O. The predicted molar refractivity (Wildman–Crippen MR) is 126 cm³/mol. The van der Waals surface area contributed by atoms with Gasteiger partial charge in [-0.1, -0.05) is 58.7 Å². The molecule has 164 valence electrons. The number of carbonyl (C=O) groups is 1. The van der Waals surface area contributed by atoms with Gasteiger partial charge in [-0.2, -0.15) is 0 Å². The second-order valence-electron chi connectivity index (χ2n) is 9.94. The van der Waals surface area contributed by atoms with Crippen molar-refractivity contribution >= 4 is 16.9 Å². The fourth-order valence-electron chi connectivity index (χ4n) is 4.54. The van der Waals surface area contributed by atoms with Gasteiger partial charge in [0.25, 0.3) is 0 Å². The SMILES string of the molecule is CCCC1CCN(Cc2cccc(-c3cnc4[nH]cc(C(=O)C(C)(C)C)c4n3)c2)CC1. The first-order valence-corrected chi connectivity index (χ1v) is 11.6. The Morgan fingerprint density at radius 1 is 1.23 bits per heavy atom. The minimum atomic E-state index is -0.461. The first-order chi connectivity index (χ1) is 14.8. The maximum atomic E-state index is 12.8. The summed E-state index contributed by atoms with van der Waals surface area (Å²) in [6, 6.07) is 8.58. The van der Waals surface area contributed by atoms with Crippen LogP contribution in [0.1, 0.15) is 69.3 Å². The molecule has 3 aromatic rings. The van der Waals surface area contributed by atoms with E-state index < -0.39 is 5.41 Å². The molecule has 1 saturated heterocycles. The molecule has 0 atom stereocenters. The summed E-state index contributed by atoms with van der Waals surface area (Å²) in [4.78, 5) is 27.9. The number of carbonyl (C=O) groups excluding carboxylic acids is 1. The third-order valence-corrected chi connectivity index (χ3v) is 6.34. The minimum absolute atomic E-state index is 0.0745. The molecule has 1 fully saturated rings. The van der Waals surface area contributed by atoms with Crippen molar-refractivity contribution in [1.29, 1.82) is 0 Å². The van der Waals surface area contributed by atoms with E-state index in [1.165, 1.54) is 44.3 Å². The van der Waals surface area contributed by atoms with Crippen LogP contribution in [0.4, 0.5) is 0 Å². The summed E-state index contributed by atoms with van der Waals surface area (Å²) in [5.41, 5.74) is 4.61. The highest BCUT2D eigenvalue weighted by molar-refractivity contribution is 6.08. The zero-order chi connectivity index (χ0) is 22.0. The molecule has 1 aromatic carbocycles. The fraction of sp³-hybridized carbons (Fsp3) is 0.500. The highest BCUT2D eigenvalue weighted by Crippen LogP contribution is 2.28. The van der Waals surface area contributed by atoms with Gasteiger partial charge in [0.15, 0.2) is 11.4 Å². The molecule has 5 nitrogen and oxygen atoms in total. The monoisotopic (exact) mass is 418 g/mol. The standard InChI is InChI=1S/C26H34N4O/c1-5-7-18-10-12-30(13-11-18)17-19-8-6-9-20(14-19)22-16-28-25-23(29-22)21(15-27-25)24(31)26(2,3)4/h6,8-9,14-16,18H,5,7,10-13,17H2,1-4H3,(H,27,28). The first-order valence-electron chi connectivity index (χ1n) is 11.6. The number of aromatic amines is 1. The van der Waals surface area contributed by atoms with E-state index in [1.807, 2.05) is 20.8 Å². The Labute approximate surface area is 185 Å². The molecule has 3 heterocycles. The topological polar surface area (TPSA) is 61.9 Å². The molecule has 1 aliphatic heterocycles. The summed E-state index contributed by atoms with van der Waals surface area (Å²) in [5.74, 6) is 0.978. The molecule has 0 bridgehead atoms. The van der Waals surface area contributed by atoms with Crippen molar-refractivity contribution in [3.8, 4) is 11.3 Å². The largest absolute Gasteiger partial charge is 0.344 e. The normalized spacial score (nSPS) is 16.1. The number of hydrogen-bond acceptors (Lipinski definition) is 4. The van der Waals surface area contributed by atoms with Crippen molar-refractivity contribution in [1.82, 2.24) is 19.9 Å². The Morgan fingerprint density at radius 3 is 2.71 bits per heavy atom. The van der Waals surface area contributed by atoms with Crippen LogP contribution in [0.3, 0.4) is 0 Å². The molecule has 0 spiro atoms. The lowest BCUT2D eigenvalue weighted by Gasteiger charge is -2.32. The molecule has 1 N–H and O–H groups in total. The molecule has 0 aliphatic carbocycles. The van der Waals surface area contributed by atoms with Crippen molar-refractivity contribution in [3.05, 3.63) is 47.8 Å². The molecule has 2 aromatic heterocycles. The third-order valence-electron chi connectivity index (χ3n) is 6.34. The van der Waals surface area contributed by atoms with Gasteiger partial charge in [-0.15, -0.1) is 0 Å². The van der Waals surface area contributed by atoms with Gasteiger partial charge in [0, 0.05) is 23.7 Å². The van der Waals surface area contributed by atoms with Crippen LogP contribution in [-0.2, 0) is 6.54 Å². The lowest BCUT2D eigenvalue weighted by atomic mass is 9.87. The number of H-pyrrole nitrogens is 1. The van der Waals surface area contributed by atoms with Crippen molar-refractivity contribution in [2.45, 2.75) is 59.9 Å². The van der Waals surface area contributed by atoms with E-state index in [0.717, 1.165) is 23.7 Å². The average molecular weight is 419 g/mol. The van der Waals surface area contributed by atoms with Crippen molar-refractivity contribution in [3.63, 3.8) is 0 Å². The number of fused-ring (bicyclic) bond motifs is 1. The van der Waals surface area contributed by atoms with E-state index in [2.05, 4.69) is 46.1 Å². The maximum Gasteiger partial charge on any atom is 0.171 e. The number of likely N-dealkylation sites (tertiary alicyclic amines) is 1. The quantitative estimate of drug-likeness (QED) is 0.509. The molecule has 1 aliphatic rings. The van der Waals surface area contributed by atoms with E-state index in [1.54, 1.807) is 12.4 Å². The number of benzene rings is 1. The van der Waals surface area contributed by atoms with Gasteiger partial charge in [-0.3, -0.25) is 9.69 Å². The average Bonchev–Trinajstić information content (AvgIpc) is 3.17. The Kier molecular flexibility index (Phi) is 6.24. The van der Waals surface area contributed by atoms with Crippen LogP contribution < -0.4 is 0 Å². The molecule has 0 saturated carbocycles. The molecule has 5 heteroatoms. The molecule has 0 amide bonds. The van der Waals surface area contributed by atoms with E-state index in [0.29, 0.717) is 16.7 Å². The fourth-order valence-corrected chi connectivity index (χ4v) is 4.54. The Hall–Kier alpha value is -2.53. The van der Waals surface area contributed by atoms with Gasteiger partial charge in [-0.25, -0.2) is 9.97 Å². The molecule has 0 radical (unpaired) electrons. The van der Waals surface area contributed by atoms with Crippen LogP contribution in [-0.4, -0.2) is 38.7 Å². The number of nitrogens with zero attached hydrogens (tertiary/aromatic N) is 3. The van der Waals surface area contributed by atoms with E-state index in [-0.39, 0.29) is 5.78 Å². The Bertz CT molecular complexity index is 1050. The summed E-state index contributed by atoms with van der Waals surface area (Å²) in [5, 5.41) is 0. The zero-order valence-corrected chi connectivity index (χ0v) is 19.2. The number of Topliss-reactive ketones (excluding diaryl/α,β-unsaturated/α-hetero) is 1. The van der Waals surface area contributed by atoms with E-state index in [4.69, 9.17) is 4.98 Å². The molecule has 0 unspecified atom stereocenters. The summed E-state index contributed by atoms with van der Waals surface area (Å²) in [6.45, 7) is 11.4. The molecule has 31 heavy (non-hydrogen) atoms. The van der Waals surface area contributed by atoms with Crippen molar-refractivity contribution in [2.24, 2.45) is 11.3 Å². The smallest absolute Gasteiger partial charge is 0.171 e. The van der Waals surface area contributed by atoms with Crippen LogP contribution in [0, 0.1) is 11.3 Å². The summed E-state index contributed by atoms with van der Waals surface area (Å²) >= 11 is 0. The molecular weight excluding hydrogens is 384 g/mol. The summed E-state index contributed by atoms with van der Waals surface area (Å²) in [6.07, 6.45) is 8.81. The van der Waals surface area contributed by atoms with Gasteiger partial charge >= 0.3 is 0 Å². The van der Waals surface area contributed by atoms with Crippen LogP contribution in [0.2, 0.25) is 0 Å². The van der Waals surface area contributed by atoms with Gasteiger partial charge < -0.3 is 4.98 Å². The van der Waals surface area contributed by atoms with Crippen molar-refractivity contribution in [2.75, 3.05) is 13.1 Å². The zero-order valence-electron chi connectivity index (χ0n) is 19.2. The number of ketones is 1. The molecule has 4 rings (SSSR count). The number of hydrogen-bond donors (Lipinski definition) is 1. The van der Waals surface area contributed by atoms with Crippen LogP contribution in [0.15, 0.2) is 36.7 Å². The van der Waals surface area contributed by atoms with Gasteiger partial charge in [-0.05, 0) is 43.5 Å². The van der Waals surface area contributed by atoms with E-state index in [9.17, 15) is 4.79 Å². The number of piperidine rings is 1. The summed E-state index contributed by atoms with van der Waals surface area (Å²) in [7, 11) is 0. The van der Waals surface area contributed by atoms with Crippen molar-refractivity contribution < 1.29 is 4.79 Å². The lowest BCUT2D eigenvalue weighted by molar-refractivity contribution is 0.0860. The highest BCUT2D eigenvalue weighted by Gasteiger charge is 2.26. The van der Waals surface area contributed by atoms with Gasteiger partial charge in [0.2, 0.25) is 0 Å². The Morgan fingerprint density at radius 2 is 2.00 bits per heavy atom. The predicted octanol–water partition coefficient (Wildman–Crippen LogP) is 5.87. The van der Waals surface area contributed by atoms with Crippen LogP contribution in [0.5, 0.6) is 0 Å². The second kappa shape index (κ2) is 8.91. The van der Waals surface area contributed by atoms with Crippen LogP contribution in [0.25, 0.3) is 22.4 Å². The van der Waals surface area contributed by atoms with Crippen LogP contribution >= 0.6 is 0 Å². The summed E-state index contributed by atoms with van der Waals surface area (Å²) < 4.78 is 0. The van der Waals surface area contributed by atoms with Gasteiger partial charge in [0.05, 0.1) is 17.5 Å². The first kappa shape index (κ1) is 21.7.